The van der Waals surface area contributed by atoms with E-state index in [0.29, 0.717) is 0 Å². The molecule has 0 N–H and O–H groups in total. The number of hydrogen-bond donors (Lipinski definition) is 0. The van der Waals surface area contributed by atoms with Gasteiger partial charge in [0.05, 0.1) is 0 Å². The van der Waals surface area contributed by atoms with Gasteiger partial charge in [-0.2, -0.15) is 6.07 Å². The maximum Gasteiger partial charge on any atom is 0 e. The van der Waals surface area contributed by atoms with Crippen LogP contribution in [0.3, 0.4) is 0 Å². The fraction of sp³-hybridized carbons (Fsp3) is 0.286. The quantitative estimate of drug-likeness (QED) is 0.380. The Bertz CT molecular complexity index is 765. The van der Waals surface area contributed by atoms with Crippen LogP contribution in [-0.4, -0.2) is 0 Å². The van der Waals surface area contributed by atoms with E-state index in [1.807, 2.05) is 0 Å². The average Bonchev–Trinajstić information content (AvgIpc) is 2.89. The van der Waals surface area contributed by atoms with Crippen LogP contribution < -0.4 is 0 Å². The van der Waals surface area contributed by atoms with Crippen LogP contribution in [0.15, 0.2) is 54.6 Å². The number of aryl methyl sites for hydroxylation is 1. The number of fused-ring (bicyclic) bond motifs is 1. The second-order valence-electron chi connectivity index (χ2n) is 6.85. The standard InChI is InChI=1S/C21H23.2ClH.Zr/c1-5-15-13-17-7-6-8-19(20(17)14-15)16-9-11-18(12-10-16)21(2,3)4;;;/h6-14H,5H2,1-4H3;2*1H;/q-1;;;. The molecule has 0 atom stereocenters. The van der Waals surface area contributed by atoms with E-state index in [1.54, 1.807) is 0 Å². The van der Waals surface area contributed by atoms with Crippen LogP contribution in [0, 0.1) is 0 Å². The van der Waals surface area contributed by atoms with Crippen molar-refractivity contribution in [2.24, 2.45) is 0 Å². The van der Waals surface area contributed by atoms with Crippen molar-refractivity contribution in [3.63, 3.8) is 0 Å². The minimum absolute atomic E-state index is 0. The van der Waals surface area contributed by atoms with Crippen molar-refractivity contribution in [3.05, 3.63) is 65.7 Å². The first-order valence-electron chi connectivity index (χ1n) is 7.78. The van der Waals surface area contributed by atoms with Crippen LogP contribution in [0.1, 0.15) is 38.8 Å². The van der Waals surface area contributed by atoms with E-state index in [0.717, 1.165) is 6.42 Å². The van der Waals surface area contributed by atoms with E-state index in [1.165, 1.54) is 33.0 Å². The molecule has 24 heavy (non-hydrogen) atoms. The maximum atomic E-state index is 2.34. The molecule has 0 fully saturated rings. The summed E-state index contributed by atoms with van der Waals surface area (Å²) in [5.41, 5.74) is 5.66. The Morgan fingerprint density at radius 1 is 0.917 bits per heavy atom. The summed E-state index contributed by atoms with van der Waals surface area (Å²) in [6.07, 6.45) is 1.09. The van der Waals surface area contributed by atoms with Gasteiger partial charge in [-0.3, -0.25) is 0 Å². The number of benzene rings is 2. The molecule has 0 saturated carbocycles. The van der Waals surface area contributed by atoms with Gasteiger partial charge in [-0.25, -0.2) is 0 Å². The minimum atomic E-state index is 0. The summed E-state index contributed by atoms with van der Waals surface area (Å²) in [7, 11) is 0. The van der Waals surface area contributed by atoms with Crippen LogP contribution in [-0.2, 0) is 38.0 Å². The second-order valence-corrected chi connectivity index (χ2v) is 6.85. The number of halogens is 2. The summed E-state index contributed by atoms with van der Waals surface area (Å²) in [6.45, 7) is 8.99. The molecule has 3 rings (SSSR count). The van der Waals surface area contributed by atoms with Gasteiger partial charge in [0.15, 0.2) is 0 Å². The molecule has 0 unspecified atom stereocenters. The van der Waals surface area contributed by atoms with Crippen molar-refractivity contribution in [1.29, 1.82) is 0 Å². The number of rotatable bonds is 2. The summed E-state index contributed by atoms with van der Waals surface area (Å²) in [4.78, 5) is 0. The third-order valence-corrected chi connectivity index (χ3v) is 4.28. The third-order valence-electron chi connectivity index (χ3n) is 4.28. The zero-order valence-corrected chi connectivity index (χ0v) is 18.8. The fourth-order valence-electron chi connectivity index (χ4n) is 2.90. The molecule has 0 heterocycles. The molecule has 0 aliphatic carbocycles. The van der Waals surface area contributed by atoms with Gasteiger partial charge in [-0.05, 0) is 23.0 Å². The molecule has 3 heteroatoms. The molecule has 0 radical (unpaired) electrons. The van der Waals surface area contributed by atoms with Crippen molar-refractivity contribution in [3.8, 4) is 11.1 Å². The average molecular weight is 440 g/mol. The second kappa shape index (κ2) is 9.28. The van der Waals surface area contributed by atoms with Crippen molar-refractivity contribution in [1.82, 2.24) is 0 Å². The summed E-state index contributed by atoms with van der Waals surface area (Å²) >= 11 is 0. The largest absolute Gasteiger partial charge is 0.164 e. The third kappa shape index (κ3) is 4.78. The van der Waals surface area contributed by atoms with Crippen molar-refractivity contribution < 1.29 is 26.2 Å². The fourth-order valence-corrected chi connectivity index (χ4v) is 2.90. The summed E-state index contributed by atoms with van der Waals surface area (Å²) < 4.78 is 0. The Morgan fingerprint density at radius 3 is 2.08 bits per heavy atom. The monoisotopic (exact) mass is 437 g/mol. The van der Waals surface area contributed by atoms with Gasteiger partial charge in [0.2, 0.25) is 0 Å². The smallest absolute Gasteiger partial charge is 0 e. The molecular formula is C21H25Cl2Zr-. The molecule has 0 spiro atoms. The first-order valence-corrected chi connectivity index (χ1v) is 7.78. The summed E-state index contributed by atoms with van der Waals surface area (Å²) in [5.74, 6) is 0. The molecule has 0 bridgehead atoms. The first-order chi connectivity index (χ1) is 9.99. The Balaban J connectivity index is 0.00000176. The van der Waals surface area contributed by atoms with E-state index in [4.69, 9.17) is 0 Å². The molecule has 0 saturated heterocycles. The predicted molar refractivity (Wildman–Crippen MR) is 108 cm³/mol. The van der Waals surface area contributed by atoms with Gasteiger partial charge in [0.1, 0.15) is 0 Å². The van der Waals surface area contributed by atoms with Crippen molar-refractivity contribution in [2.75, 3.05) is 0 Å². The predicted octanol–water partition coefficient (Wildman–Crippen LogP) is 6.93. The van der Waals surface area contributed by atoms with E-state index >= 15 is 0 Å². The van der Waals surface area contributed by atoms with Crippen LogP contribution in [0.4, 0.5) is 0 Å². The summed E-state index contributed by atoms with van der Waals surface area (Å²) in [5, 5.41) is 2.72. The topological polar surface area (TPSA) is 0 Å². The van der Waals surface area contributed by atoms with Gasteiger partial charge >= 0.3 is 0 Å². The van der Waals surface area contributed by atoms with E-state index < -0.39 is 0 Å². The normalized spacial score (nSPS) is 10.5. The zero-order chi connectivity index (χ0) is 15.0. The van der Waals surface area contributed by atoms with E-state index in [2.05, 4.69) is 82.3 Å². The van der Waals surface area contributed by atoms with E-state index in [-0.39, 0.29) is 56.4 Å². The molecule has 0 aliphatic rings. The summed E-state index contributed by atoms with van der Waals surface area (Å²) in [6, 6.07) is 20.3. The minimum Gasteiger partial charge on any atom is -0.164 e. The van der Waals surface area contributed by atoms with Crippen LogP contribution in [0.5, 0.6) is 0 Å². The van der Waals surface area contributed by atoms with Crippen molar-refractivity contribution in [2.45, 2.75) is 39.5 Å². The molecular weight excluding hydrogens is 414 g/mol. The Hall–Kier alpha value is -0.487. The SMILES string of the molecule is CCc1cc2c(-c3ccc(C(C)(C)C)cc3)cccc2[cH-]1.Cl.Cl.[Zr]. The van der Waals surface area contributed by atoms with Gasteiger partial charge in [-0.15, -0.1) is 59.3 Å². The zero-order valence-electron chi connectivity index (χ0n) is 14.7. The Labute approximate surface area is 177 Å². The molecule has 128 valence electrons. The van der Waals surface area contributed by atoms with E-state index in [9.17, 15) is 0 Å². The first kappa shape index (κ1) is 23.5. The van der Waals surface area contributed by atoms with Crippen LogP contribution >= 0.6 is 24.8 Å². The molecule has 0 aliphatic heterocycles. The van der Waals surface area contributed by atoms with Crippen molar-refractivity contribution >= 4 is 35.6 Å². The Morgan fingerprint density at radius 2 is 1.54 bits per heavy atom. The van der Waals surface area contributed by atoms with Gasteiger partial charge < -0.3 is 0 Å². The molecule has 0 aromatic heterocycles. The van der Waals surface area contributed by atoms with Crippen LogP contribution in [0.25, 0.3) is 21.9 Å². The molecule has 0 amide bonds. The molecule has 3 aromatic carbocycles. The van der Waals surface area contributed by atoms with Gasteiger partial charge in [-0.1, -0.05) is 63.6 Å². The number of hydrogen-bond acceptors (Lipinski definition) is 0. The molecule has 3 aromatic rings. The maximum absolute atomic E-state index is 2.34. The van der Waals surface area contributed by atoms with Gasteiger partial charge in [0, 0.05) is 26.2 Å². The molecule has 0 nitrogen and oxygen atoms in total. The van der Waals surface area contributed by atoms with Gasteiger partial charge in [0.25, 0.3) is 0 Å². The van der Waals surface area contributed by atoms with Crippen LogP contribution in [0.2, 0.25) is 0 Å². The Kier molecular flexibility index (Phi) is 9.09.